The Bertz CT molecular complexity index is 1010. The molecule has 5 atom stereocenters. The van der Waals surface area contributed by atoms with Gasteiger partial charge in [-0.05, 0) is 53.5 Å². The molecule has 1 N–H and O–H groups in total. The lowest BCUT2D eigenvalue weighted by Gasteiger charge is -2.51. The quantitative estimate of drug-likeness (QED) is 0.732. The molecule has 0 bridgehead atoms. The number of carboxylic acids is 1. The first-order chi connectivity index (χ1) is 13.7. The highest BCUT2D eigenvalue weighted by Gasteiger charge is 2.47. The molecule has 4 aliphatic rings. The van der Waals surface area contributed by atoms with Crippen molar-refractivity contribution in [1.29, 1.82) is 0 Å². The molecule has 0 saturated heterocycles. The number of allylic oxidation sites excluding steroid dienone is 4. The van der Waals surface area contributed by atoms with Crippen LogP contribution in [0.1, 0.15) is 57.8 Å². The highest BCUT2D eigenvalue weighted by atomic mass is 16.4. The van der Waals surface area contributed by atoms with Crippen molar-refractivity contribution in [2.45, 2.75) is 30.7 Å². The van der Waals surface area contributed by atoms with Crippen molar-refractivity contribution >= 4 is 11.7 Å². The van der Waals surface area contributed by atoms with Gasteiger partial charge in [0.1, 0.15) is 0 Å². The Morgan fingerprint density at radius 1 is 0.964 bits per heavy atom. The maximum absolute atomic E-state index is 11.9. The van der Waals surface area contributed by atoms with Crippen molar-refractivity contribution in [1.82, 2.24) is 0 Å². The van der Waals surface area contributed by atoms with E-state index in [1.807, 2.05) is 12.1 Å². The van der Waals surface area contributed by atoms with E-state index >= 15 is 0 Å². The number of hydrogen-bond donors (Lipinski definition) is 1. The summed E-state index contributed by atoms with van der Waals surface area (Å²) in [6.45, 7) is 1.05. The minimum atomic E-state index is -0.821. The third-order valence-corrected chi connectivity index (χ3v) is 7.24. The lowest BCUT2D eigenvalue weighted by Crippen LogP contribution is -2.46. The second-order valence-electron chi connectivity index (χ2n) is 8.62. The van der Waals surface area contributed by atoms with E-state index in [0.717, 1.165) is 19.4 Å². The van der Waals surface area contributed by atoms with E-state index in [-0.39, 0.29) is 0 Å². The molecule has 2 aliphatic heterocycles. The Morgan fingerprint density at radius 3 is 2.46 bits per heavy atom. The number of anilines is 1. The van der Waals surface area contributed by atoms with Crippen LogP contribution in [0.3, 0.4) is 0 Å². The third-order valence-electron chi connectivity index (χ3n) is 7.24. The van der Waals surface area contributed by atoms with Crippen LogP contribution in [0, 0.1) is 11.8 Å². The van der Waals surface area contributed by atoms with Gasteiger partial charge in [0.2, 0.25) is 0 Å². The first kappa shape index (κ1) is 16.2. The van der Waals surface area contributed by atoms with Crippen LogP contribution in [0.2, 0.25) is 0 Å². The van der Waals surface area contributed by atoms with Gasteiger partial charge in [-0.2, -0.15) is 0 Å². The molecule has 2 aromatic rings. The molecule has 28 heavy (non-hydrogen) atoms. The van der Waals surface area contributed by atoms with E-state index in [0.29, 0.717) is 35.3 Å². The zero-order chi connectivity index (χ0) is 18.8. The molecular formula is C25H23NO2. The number of fused-ring (bicyclic) bond motifs is 4. The summed E-state index contributed by atoms with van der Waals surface area (Å²) in [6, 6.07) is 15.1. The number of carbonyl (C=O) groups is 1. The maximum Gasteiger partial charge on any atom is 0.335 e. The molecular weight excluding hydrogens is 346 g/mol. The topological polar surface area (TPSA) is 40.5 Å². The number of hydrogen-bond acceptors (Lipinski definition) is 2. The molecule has 2 aliphatic carbocycles. The van der Waals surface area contributed by atoms with E-state index in [4.69, 9.17) is 0 Å². The average Bonchev–Trinajstić information content (AvgIpc) is 3.38. The normalized spacial score (nSPS) is 31.4. The first-order valence-corrected chi connectivity index (χ1v) is 10.3. The van der Waals surface area contributed by atoms with Crippen molar-refractivity contribution in [3.63, 3.8) is 0 Å². The van der Waals surface area contributed by atoms with Crippen LogP contribution in [-0.2, 0) is 0 Å². The highest BCUT2D eigenvalue weighted by Crippen LogP contribution is 2.58. The minimum absolute atomic E-state index is 0.302. The monoisotopic (exact) mass is 369 g/mol. The Labute approximate surface area is 165 Å². The molecule has 2 heterocycles. The second kappa shape index (κ2) is 5.84. The number of rotatable bonds is 2. The predicted molar refractivity (Wildman–Crippen MR) is 110 cm³/mol. The fourth-order valence-electron chi connectivity index (χ4n) is 6.13. The average molecular weight is 369 g/mol. The van der Waals surface area contributed by atoms with Crippen molar-refractivity contribution in [2.75, 3.05) is 11.4 Å². The fourth-order valence-corrected chi connectivity index (χ4v) is 6.13. The molecule has 0 radical (unpaired) electrons. The lowest BCUT2D eigenvalue weighted by atomic mass is 9.70. The smallest absolute Gasteiger partial charge is 0.335 e. The van der Waals surface area contributed by atoms with E-state index in [1.54, 1.807) is 0 Å². The maximum atomic E-state index is 11.9. The highest BCUT2D eigenvalue weighted by molar-refractivity contribution is 5.90. The van der Waals surface area contributed by atoms with Crippen molar-refractivity contribution in [3.8, 4) is 0 Å². The molecule has 6 rings (SSSR count). The molecule has 3 nitrogen and oxygen atoms in total. The number of aromatic carboxylic acids is 1. The largest absolute Gasteiger partial charge is 0.478 e. The van der Waals surface area contributed by atoms with Crippen LogP contribution in [0.4, 0.5) is 5.69 Å². The van der Waals surface area contributed by atoms with Gasteiger partial charge in [-0.25, -0.2) is 4.79 Å². The zero-order valence-corrected chi connectivity index (χ0v) is 15.7. The van der Waals surface area contributed by atoms with Crippen LogP contribution in [0.25, 0.3) is 0 Å². The van der Waals surface area contributed by atoms with Gasteiger partial charge in [0.05, 0.1) is 11.6 Å². The number of nitrogens with zero attached hydrogens (tertiary/aromatic N) is 1. The molecule has 3 heteroatoms. The van der Waals surface area contributed by atoms with Gasteiger partial charge in [0.15, 0.2) is 0 Å². The van der Waals surface area contributed by atoms with E-state index in [2.05, 4.69) is 59.5 Å². The van der Waals surface area contributed by atoms with E-state index < -0.39 is 5.97 Å². The minimum Gasteiger partial charge on any atom is -0.478 e. The predicted octanol–water partition coefficient (Wildman–Crippen LogP) is 5.28. The van der Waals surface area contributed by atoms with Gasteiger partial charge in [-0.1, -0.05) is 54.6 Å². The van der Waals surface area contributed by atoms with Gasteiger partial charge >= 0.3 is 5.97 Å². The Morgan fingerprint density at radius 2 is 1.68 bits per heavy atom. The fraction of sp³-hybridized carbons (Fsp3) is 0.320. The van der Waals surface area contributed by atoms with E-state index in [9.17, 15) is 9.90 Å². The lowest BCUT2D eigenvalue weighted by molar-refractivity contribution is 0.0696. The summed E-state index contributed by atoms with van der Waals surface area (Å²) in [5, 5.41) is 9.75. The molecule has 0 aromatic heterocycles. The van der Waals surface area contributed by atoms with Crippen molar-refractivity contribution in [2.24, 2.45) is 11.8 Å². The molecule has 0 spiro atoms. The molecule has 140 valence electrons. The van der Waals surface area contributed by atoms with Crippen LogP contribution >= 0.6 is 0 Å². The SMILES string of the molecule is O=C(O)c1cc2c3c(c1)[C@@H]1C=CC[C@@H]1[C@H](c1ccccc1)N3C[C@@H]1CC=C[C@@H]21. The van der Waals surface area contributed by atoms with Crippen LogP contribution in [-0.4, -0.2) is 17.6 Å². The number of carboxylic acid groups (broad SMARTS) is 1. The van der Waals surface area contributed by atoms with Gasteiger partial charge in [-0.15, -0.1) is 0 Å². The summed E-state index contributed by atoms with van der Waals surface area (Å²) in [6.07, 6.45) is 11.3. The molecule has 0 fully saturated rings. The Hall–Kier alpha value is -2.81. The standard InChI is InChI=1S/C25H23NO2/c27-25(28)17-12-21-18-9-4-8-16(18)14-26-23(15-6-2-1-3-7-15)20-11-5-10-19(20)22(13-17)24(21)26/h1-7,9-10,12-13,16,18-20,23H,8,11,14H2,(H,27,28)/t16-,18+,19+,20-,23-/m0/s1. The van der Waals surface area contributed by atoms with Gasteiger partial charge in [-0.3, -0.25) is 0 Å². The van der Waals surface area contributed by atoms with Crippen molar-refractivity contribution < 1.29 is 9.90 Å². The zero-order valence-electron chi connectivity index (χ0n) is 15.7. The van der Waals surface area contributed by atoms with Crippen LogP contribution < -0.4 is 4.90 Å². The van der Waals surface area contributed by atoms with Gasteiger partial charge in [0.25, 0.3) is 0 Å². The molecule has 2 aromatic carbocycles. The summed E-state index contributed by atoms with van der Waals surface area (Å²) < 4.78 is 0. The van der Waals surface area contributed by atoms with Crippen molar-refractivity contribution in [3.05, 3.63) is 89.0 Å². The summed E-state index contributed by atoms with van der Waals surface area (Å²) >= 11 is 0. The van der Waals surface area contributed by atoms with Crippen LogP contribution in [0.5, 0.6) is 0 Å². The Balaban J connectivity index is 1.61. The summed E-state index contributed by atoms with van der Waals surface area (Å²) in [4.78, 5) is 14.5. The number of benzene rings is 2. The van der Waals surface area contributed by atoms with E-state index in [1.165, 1.54) is 22.4 Å². The summed E-state index contributed by atoms with van der Waals surface area (Å²) in [5.41, 5.74) is 5.56. The van der Waals surface area contributed by atoms with Gasteiger partial charge < -0.3 is 10.0 Å². The third kappa shape index (κ3) is 2.13. The van der Waals surface area contributed by atoms with Crippen LogP contribution in [0.15, 0.2) is 66.8 Å². The molecule has 0 unspecified atom stereocenters. The first-order valence-electron chi connectivity index (χ1n) is 10.3. The summed E-state index contributed by atoms with van der Waals surface area (Å²) in [7, 11) is 0. The molecule has 0 saturated carbocycles. The Kier molecular flexibility index (Phi) is 3.37. The second-order valence-corrected chi connectivity index (χ2v) is 8.62. The van der Waals surface area contributed by atoms with Gasteiger partial charge in [0, 0.05) is 24.1 Å². The molecule has 0 amide bonds. The summed E-state index contributed by atoms with van der Waals surface area (Å²) in [5.74, 6) is 0.844.